The fourth-order valence-electron chi connectivity index (χ4n) is 3.36. The molecule has 150 valence electrons. The molecule has 3 rings (SSSR count). The SMILES string of the molecule is Cn1nnc(-c2ccc(CN3CCC(C(=O)CCC(F)=C(F)F)CC3)cc2)n1. The average Bonchev–Trinajstić information content (AvgIpc) is 3.13. The van der Waals surface area contributed by atoms with Gasteiger partial charge in [-0.2, -0.15) is 13.6 Å². The zero-order valence-electron chi connectivity index (χ0n) is 15.6. The molecular weight excluding hydrogens is 371 g/mol. The fraction of sp³-hybridized carbons (Fsp3) is 0.474. The summed E-state index contributed by atoms with van der Waals surface area (Å²) in [6.07, 6.45) is -1.66. The molecule has 1 aliphatic heterocycles. The van der Waals surface area contributed by atoms with Crippen molar-refractivity contribution in [2.45, 2.75) is 32.2 Å². The zero-order valence-corrected chi connectivity index (χ0v) is 15.6. The van der Waals surface area contributed by atoms with Crippen LogP contribution in [0.3, 0.4) is 0 Å². The van der Waals surface area contributed by atoms with E-state index in [1.165, 1.54) is 4.80 Å². The van der Waals surface area contributed by atoms with Crippen molar-refractivity contribution in [2.75, 3.05) is 13.1 Å². The summed E-state index contributed by atoms with van der Waals surface area (Å²) in [7, 11) is 1.71. The highest BCUT2D eigenvalue weighted by molar-refractivity contribution is 5.81. The number of carbonyl (C=O) groups is 1. The van der Waals surface area contributed by atoms with E-state index >= 15 is 0 Å². The molecule has 28 heavy (non-hydrogen) atoms. The summed E-state index contributed by atoms with van der Waals surface area (Å²) in [5.41, 5.74) is 2.04. The molecule has 1 fully saturated rings. The van der Waals surface area contributed by atoms with Crippen molar-refractivity contribution in [1.29, 1.82) is 0 Å². The Morgan fingerprint density at radius 1 is 1.11 bits per heavy atom. The van der Waals surface area contributed by atoms with Crippen LogP contribution in [0, 0.1) is 5.92 Å². The van der Waals surface area contributed by atoms with Gasteiger partial charge in [-0.05, 0) is 36.7 Å². The lowest BCUT2D eigenvalue weighted by atomic mass is 9.90. The standard InChI is InChI=1S/C19H22F3N5O/c1-26-24-19(23-25-26)15-4-2-13(3-5-15)12-27-10-8-14(9-11-27)17(28)7-6-16(20)18(21)22/h2-5,14H,6-12H2,1H3. The number of hydrogen-bond donors (Lipinski definition) is 0. The predicted molar refractivity (Wildman–Crippen MR) is 96.8 cm³/mol. The van der Waals surface area contributed by atoms with Gasteiger partial charge < -0.3 is 0 Å². The third kappa shape index (κ3) is 5.25. The fourth-order valence-corrected chi connectivity index (χ4v) is 3.36. The van der Waals surface area contributed by atoms with Crippen LogP contribution in [0.2, 0.25) is 0 Å². The summed E-state index contributed by atoms with van der Waals surface area (Å²) in [6, 6.07) is 7.94. The molecule has 0 N–H and O–H groups in total. The number of Topliss-reactive ketones (excluding diaryl/α,β-unsaturated/α-hetero) is 1. The second kappa shape index (κ2) is 9.09. The molecule has 1 aromatic heterocycles. The van der Waals surface area contributed by atoms with E-state index in [-0.39, 0.29) is 18.1 Å². The quantitative estimate of drug-likeness (QED) is 0.720. The molecule has 1 saturated heterocycles. The number of likely N-dealkylation sites (tertiary alicyclic amines) is 1. The number of aromatic nitrogens is 4. The first-order chi connectivity index (χ1) is 13.4. The molecule has 0 spiro atoms. The van der Waals surface area contributed by atoms with E-state index in [1.54, 1.807) is 7.05 Å². The Kier molecular flexibility index (Phi) is 6.56. The van der Waals surface area contributed by atoms with Gasteiger partial charge in [-0.15, -0.1) is 10.2 Å². The van der Waals surface area contributed by atoms with Crippen molar-refractivity contribution in [3.05, 3.63) is 41.7 Å². The molecule has 1 aliphatic rings. The van der Waals surface area contributed by atoms with Gasteiger partial charge in [-0.25, -0.2) is 4.39 Å². The topological polar surface area (TPSA) is 63.9 Å². The molecule has 0 unspecified atom stereocenters. The van der Waals surface area contributed by atoms with Crippen LogP contribution in [0.25, 0.3) is 11.4 Å². The van der Waals surface area contributed by atoms with Gasteiger partial charge >= 0.3 is 6.08 Å². The number of carbonyl (C=O) groups excluding carboxylic acids is 1. The largest absolute Gasteiger partial charge is 0.301 e. The van der Waals surface area contributed by atoms with E-state index in [1.807, 2.05) is 24.3 Å². The molecule has 0 atom stereocenters. The van der Waals surface area contributed by atoms with Crippen molar-refractivity contribution in [3.8, 4) is 11.4 Å². The van der Waals surface area contributed by atoms with Crippen LogP contribution >= 0.6 is 0 Å². The first-order valence-electron chi connectivity index (χ1n) is 9.20. The van der Waals surface area contributed by atoms with Crippen LogP contribution in [0.1, 0.15) is 31.2 Å². The number of rotatable bonds is 7. The first-order valence-corrected chi connectivity index (χ1v) is 9.20. The molecule has 6 nitrogen and oxygen atoms in total. The lowest BCUT2D eigenvalue weighted by Gasteiger charge is -2.31. The monoisotopic (exact) mass is 393 g/mol. The molecule has 0 bridgehead atoms. The van der Waals surface area contributed by atoms with Crippen molar-refractivity contribution in [3.63, 3.8) is 0 Å². The first kappa shape index (κ1) is 20.2. The van der Waals surface area contributed by atoms with Gasteiger partial charge in [0, 0.05) is 30.9 Å². The molecule has 0 aliphatic carbocycles. The van der Waals surface area contributed by atoms with Crippen molar-refractivity contribution >= 4 is 5.78 Å². The smallest absolute Gasteiger partial charge is 0.299 e. The minimum absolute atomic E-state index is 0.128. The summed E-state index contributed by atoms with van der Waals surface area (Å²) in [6.45, 7) is 2.26. The molecule has 2 heterocycles. The minimum Gasteiger partial charge on any atom is -0.299 e. The maximum absolute atomic E-state index is 12.9. The van der Waals surface area contributed by atoms with E-state index in [0.29, 0.717) is 18.7 Å². The van der Waals surface area contributed by atoms with Crippen LogP contribution in [0.15, 0.2) is 36.2 Å². The van der Waals surface area contributed by atoms with Crippen molar-refractivity contribution in [2.24, 2.45) is 13.0 Å². The Morgan fingerprint density at radius 2 is 1.79 bits per heavy atom. The number of allylic oxidation sites excluding steroid dienone is 1. The van der Waals surface area contributed by atoms with Gasteiger partial charge in [0.1, 0.15) is 5.78 Å². The Balaban J connectivity index is 1.46. The second-order valence-electron chi connectivity index (χ2n) is 6.98. The number of tetrazole rings is 1. The van der Waals surface area contributed by atoms with Crippen LogP contribution < -0.4 is 0 Å². The maximum atomic E-state index is 12.9. The average molecular weight is 393 g/mol. The molecular formula is C19H22F3N5O. The predicted octanol–water partition coefficient (Wildman–Crippen LogP) is 3.52. The lowest BCUT2D eigenvalue weighted by Crippen LogP contribution is -2.35. The second-order valence-corrected chi connectivity index (χ2v) is 6.98. The third-order valence-corrected chi connectivity index (χ3v) is 4.97. The lowest BCUT2D eigenvalue weighted by molar-refractivity contribution is -0.124. The molecule has 1 aromatic carbocycles. The Labute approximate surface area is 161 Å². The maximum Gasteiger partial charge on any atom is 0.301 e. The Bertz CT molecular complexity index is 838. The zero-order chi connectivity index (χ0) is 20.1. The summed E-state index contributed by atoms with van der Waals surface area (Å²) in [4.78, 5) is 15.8. The summed E-state index contributed by atoms with van der Waals surface area (Å²) in [5.74, 6) is -1.20. The number of aryl methyl sites for hydroxylation is 1. The summed E-state index contributed by atoms with van der Waals surface area (Å²) in [5, 5.41) is 12.0. The van der Waals surface area contributed by atoms with Crippen molar-refractivity contribution < 1.29 is 18.0 Å². The Hall–Kier alpha value is -2.55. The summed E-state index contributed by atoms with van der Waals surface area (Å²) < 4.78 is 37.0. The van der Waals surface area contributed by atoms with Gasteiger partial charge in [-0.3, -0.25) is 9.69 Å². The van der Waals surface area contributed by atoms with Gasteiger partial charge in [0.2, 0.25) is 5.82 Å². The molecule has 0 radical (unpaired) electrons. The number of benzene rings is 1. The third-order valence-electron chi connectivity index (χ3n) is 4.97. The van der Waals surface area contributed by atoms with E-state index in [9.17, 15) is 18.0 Å². The van der Waals surface area contributed by atoms with Crippen LogP contribution in [0.5, 0.6) is 0 Å². The molecule has 9 heteroatoms. The number of piperidine rings is 1. The number of halogens is 3. The number of ketones is 1. The van der Waals surface area contributed by atoms with Crippen LogP contribution in [-0.4, -0.2) is 44.0 Å². The highest BCUT2D eigenvalue weighted by atomic mass is 19.3. The number of hydrogen-bond acceptors (Lipinski definition) is 5. The molecule has 0 saturated carbocycles. The highest BCUT2D eigenvalue weighted by Gasteiger charge is 2.25. The van der Waals surface area contributed by atoms with Gasteiger partial charge in [-0.1, -0.05) is 24.3 Å². The molecule has 2 aromatic rings. The van der Waals surface area contributed by atoms with E-state index in [2.05, 4.69) is 20.3 Å². The van der Waals surface area contributed by atoms with Gasteiger partial charge in [0.05, 0.1) is 7.05 Å². The van der Waals surface area contributed by atoms with Crippen LogP contribution in [-0.2, 0) is 18.4 Å². The normalized spacial score (nSPS) is 15.6. The molecule has 0 amide bonds. The van der Waals surface area contributed by atoms with E-state index in [4.69, 9.17) is 0 Å². The van der Waals surface area contributed by atoms with Crippen LogP contribution in [0.4, 0.5) is 13.2 Å². The Morgan fingerprint density at radius 3 is 2.36 bits per heavy atom. The van der Waals surface area contributed by atoms with E-state index in [0.717, 1.165) is 30.8 Å². The van der Waals surface area contributed by atoms with Gasteiger partial charge in [0.25, 0.3) is 0 Å². The van der Waals surface area contributed by atoms with Gasteiger partial charge in [0.15, 0.2) is 5.83 Å². The highest BCUT2D eigenvalue weighted by Crippen LogP contribution is 2.24. The van der Waals surface area contributed by atoms with E-state index < -0.39 is 18.3 Å². The van der Waals surface area contributed by atoms with Crippen molar-refractivity contribution in [1.82, 2.24) is 25.1 Å². The summed E-state index contributed by atoms with van der Waals surface area (Å²) >= 11 is 0. The minimum atomic E-state index is -2.33. The number of nitrogens with zero attached hydrogens (tertiary/aromatic N) is 5.